The minimum atomic E-state index is -4.91. The SMILES string of the molecule is CC(=O)Nc1cccc(NC(=O)CS(=O)(=O)c2ccc(C(F)(F)F)cc2[N+](=O)[O-])c1. The van der Waals surface area contributed by atoms with E-state index in [-0.39, 0.29) is 17.7 Å². The summed E-state index contributed by atoms with van der Waals surface area (Å²) in [4.78, 5) is 32.0. The van der Waals surface area contributed by atoms with E-state index < -0.39 is 48.7 Å². The molecule has 2 N–H and O–H groups in total. The Balaban J connectivity index is 2.27. The van der Waals surface area contributed by atoms with Gasteiger partial charge in [0.1, 0.15) is 10.6 Å². The van der Waals surface area contributed by atoms with Crippen LogP contribution in [0.25, 0.3) is 0 Å². The molecule has 0 aromatic heterocycles. The molecule has 0 aliphatic heterocycles. The monoisotopic (exact) mass is 445 g/mol. The lowest BCUT2D eigenvalue weighted by atomic mass is 10.2. The van der Waals surface area contributed by atoms with Crippen molar-refractivity contribution in [2.45, 2.75) is 18.0 Å². The fraction of sp³-hybridized carbons (Fsp3) is 0.176. The first-order valence-electron chi connectivity index (χ1n) is 8.05. The second kappa shape index (κ2) is 8.49. The molecular weight excluding hydrogens is 431 g/mol. The summed E-state index contributed by atoms with van der Waals surface area (Å²) in [5.74, 6) is -2.70. The number of carbonyl (C=O) groups is 2. The number of hydrogen-bond acceptors (Lipinski definition) is 6. The molecule has 0 heterocycles. The van der Waals surface area contributed by atoms with Gasteiger partial charge in [-0.15, -0.1) is 0 Å². The van der Waals surface area contributed by atoms with Gasteiger partial charge < -0.3 is 10.6 Å². The van der Waals surface area contributed by atoms with E-state index in [1.165, 1.54) is 31.2 Å². The third kappa shape index (κ3) is 5.76. The molecule has 0 bridgehead atoms. The Kier molecular flexibility index (Phi) is 6.45. The highest BCUT2D eigenvalue weighted by Gasteiger charge is 2.35. The van der Waals surface area contributed by atoms with Crippen LogP contribution >= 0.6 is 0 Å². The van der Waals surface area contributed by atoms with Crippen LogP contribution in [0.4, 0.5) is 30.2 Å². The van der Waals surface area contributed by atoms with Crippen molar-refractivity contribution in [3.05, 3.63) is 58.1 Å². The molecule has 13 heteroatoms. The van der Waals surface area contributed by atoms with Crippen molar-refractivity contribution in [1.29, 1.82) is 0 Å². The lowest BCUT2D eigenvalue weighted by molar-refractivity contribution is -0.388. The first-order valence-corrected chi connectivity index (χ1v) is 9.71. The van der Waals surface area contributed by atoms with E-state index in [1.807, 2.05) is 0 Å². The highest BCUT2D eigenvalue weighted by atomic mass is 32.2. The van der Waals surface area contributed by atoms with Gasteiger partial charge in [0, 0.05) is 24.4 Å². The summed E-state index contributed by atoms with van der Waals surface area (Å²) in [6.45, 7) is 1.26. The first kappa shape index (κ1) is 22.8. The number of nitrogens with zero attached hydrogens (tertiary/aromatic N) is 1. The maximum atomic E-state index is 12.8. The van der Waals surface area contributed by atoms with Gasteiger partial charge in [-0.2, -0.15) is 13.2 Å². The van der Waals surface area contributed by atoms with Crippen LogP contribution in [0, 0.1) is 10.1 Å². The van der Waals surface area contributed by atoms with Crippen molar-refractivity contribution in [3.63, 3.8) is 0 Å². The normalized spacial score (nSPS) is 11.6. The molecule has 9 nitrogen and oxygen atoms in total. The molecular formula is C17H14F3N3O6S. The van der Waals surface area contributed by atoms with Crippen molar-refractivity contribution in [2.75, 3.05) is 16.4 Å². The molecule has 0 atom stereocenters. The summed E-state index contributed by atoms with van der Waals surface area (Å²) in [6, 6.07) is 6.65. The van der Waals surface area contributed by atoms with Crippen LogP contribution in [0.5, 0.6) is 0 Å². The van der Waals surface area contributed by atoms with Gasteiger partial charge in [0.05, 0.1) is 10.5 Å². The van der Waals surface area contributed by atoms with Gasteiger partial charge in [-0.1, -0.05) is 6.07 Å². The minimum absolute atomic E-state index is 0.0989. The summed E-state index contributed by atoms with van der Waals surface area (Å²) in [5, 5.41) is 15.8. The van der Waals surface area contributed by atoms with Gasteiger partial charge in [-0.3, -0.25) is 19.7 Å². The maximum absolute atomic E-state index is 12.8. The van der Waals surface area contributed by atoms with Crippen molar-refractivity contribution in [2.24, 2.45) is 0 Å². The molecule has 30 heavy (non-hydrogen) atoms. The topological polar surface area (TPSA) is 135 Å². The van der Waals surface area contributed by atoms with Gasteiger partial charge >= 0.3 is 6.18 Å². The molecule has 0 fully saturated rings. The second-order valence-electron chi connectivity index (χ2n) is 6.01. The number of amides is 2. The first-order chi connectivity index (χ1) is 13.8. The Labute approximate surface area is 168 Å². The molecule has 0 radical (unpaired) electrons. The van der Waals surface area contributed by atoms with Gasteiger partial charge in [-0.05, 0) is 30.3 Å². The summed E-state index contributed by atoms with van der Waals surface area (Å²) in [7, 11) is -4.64. The Hall–Kier alpha value is -3.48. The fourth-order valence-corrected chi connectivity index (χ4v) is 3.73. The lowest BCUT2D eigenvalue weighted by Crippen LogP contribution is -2.24. The number of nitrogens with one attached hydrogen (secondary N) is 2. The Bertz CT molecular complexity index is 1120. The van der Waals surface area contributed by atoms with Crippen LogP contribution in [0.2, 0.25) is 0 Å². The van der Waals surface area contributed by atoms with E-state index in [0.717, 1.165) is 0 Å². The third-order valence-corrected chi connectivity index (χ3v) is 5.26. The molecule has 2 aromatic rings. The number of carbonyl (C=O) groups excluding carboxylic acids is 2. The van der Waals surface area contributed by atoms with Gasteiger partial charge in [0.2, 0.25) is 11.8 Å². The van der Waals surface area contributed by atoms with Crippen molar-refractivity contribution in [3.8, 4) is 0 Å². The number of alkyl halides is 3. The number of sulfone groups is 1. The Morgan fingerprint density at radius 1 is 1.07 bits per heavy atom. The van der Waals surface area contributed by atoms with Crippen LogP contribution < -0.4 is 10.6 Å². The zero-order chi connectivity index (χ0) is 22.7. The van der Waals surface area contributed by atoms with Gasteiger partial charge in [0.15, 0.2) is 9.84 Å². The van der Waals surface area contributed by atoms with Crippen LogP contribution in [0.1, 0.15) is 12.5 Å². The summed E-state index contributed by atoms with van der Waals surface area (Å²) in [5.41, 5.74) is -2.23. The number of nitro benzene ring substituents is 1. The predicted octanol–water partition coefficient (Wildman–Crippen LogP) is 2.98. The highest BCUT2D eigenvalue weighted by Crippen LogP contribution is 2.34. The van der Waals surface area contributed by atoms with E-state index in [0.29, 0.717) is 17.8 Å². The van der Waals surface area contributed by atoms with Gasteiger partial charge in [-0.25, -0.2) is 8.42 Å². The van der Waals surface area contributed by atoms with Gasteiger partial charge in [0.25, 0.3) is 5.69 Å². The highest BCUT2D eigenvalue weighted by molar-refractivity contribution is 7.92. The molecule has 0 unspecified atom stereocenters. The summed E-state index contributed by atoms with van der Waals surface area (Å²) >= 11 is 0. The Morgan fingerprint density at radius 3 is 2.20 bits per heavy atom. The third-order valence-electron chi connectivity index (χ3n) is 3.61. The molecule has 0 aliphatic rings. The van der Waals surface area contributed by atoms with E-state index in [4.69, 9.17) is 0 Å². The molecule has 160 valence electrons. The smallest absolute Gasteiger partial charge is 0.326 e. The van der Waals surface area contributed by atoms with Crippen LogP contribution in [0.3, 0.4) is 0 Å². The van der Waals surface area contributed by atoms with Crippen molar-refractivity contribution >= 4 is 38.7 Å². The van der Waals surface area contributed by atoms with Crippen molar-refractivity contribution < 1.29 is 36.1 Å². The lowest BCUT2D eigenvalue weighted by Gasteiger charge is -2.10. The van der Waals surface area contributed by atoms with Crippen molar-refractivity contribution in [1.82, 2.24) is 0 Å². The standard InChI is InChI=1S/C17H14F3N3O6S/c1-10(24)21-12-3-2-4-13(8-12)22-16(25)9-30(28,29)15-6-5-11(17(18,19)20)7-14(15)23(26)27/h2-8H,9H2,1H3,(H,21,24)(H,22,25). The zero-order valence-electron chi connectivity index (χ0n) is 15.2. The molecule has 0 saturated heterocycles. The number of rotatable bonds is 6. The summed E-state index contributed by atoms with van der Waals surface area (Å²) in [6.07, 6.45) is -4.91. The van der Waals surface area contributed by atoms with Crippen LogP contribution in [-0.2, 0) is 25.6 Å². The number of benzene rings is 2. The van der Waals surface area contributed by atoms with Crippen LogP contribution in [0.15, 0.2) is 47.4 Å². The summed E-state index contributed by atoms with van der Waals surface area (Å²) < 4.78 is 63.1. The average molecular weight is 445 g/mol. The number of anilines is 2. The predicted molar refractivity (Wildman–Crippen MR) is 99.5 cm³/mol. The fourth-order valence-electron chi connectivity index (χ4n) is 2.42. The van der Waals surface area contributed by atoms with E-state index in [1.54, 1.807) is 0 Å². The van der Waals surface area contributed by atoms with E-state index in [2.05, 4.69) is 10.6 Å². The molecule has 2 rings (SSSR count). The van der Waals surface area contributed by atoms with E-state index in [9.17, 15) is 41.3 Å². The maximum Gasteiger partial charge on any atom is 0.416 e. The molecule has 2 amide bonds. The molecule has 0 saturated carbocycles. The largest absolute Gasteiger partial charge is 0.416 e. The molecule has 2 aromatic carbocycles. The second-order valence-corrected chi connectivity index (χ2v) is 7.96. The quantitative estimate of drug-likeness (QED) is 0.518. The number of nitro groups is 1. The molecule has 0 aliphatic carbocycles. The Morgan fingerprint density at radius 2 is 1.67 bits per heavy atom. The van der Waals surface area contributed by atoms with E-state index >= 15 is 0 Å². The molecule has 0 spiro atoms. The zero-order valence-corrected chi connectivity index (χ0v) is 16.0. The number of halogens is 3. The van der Waals surface area contributed by atoms with Crippen LogP contribution in [-0.4, -0.2) is 30.9 Å². The number of hydrogen-bond donors (Lipinski definition) is 2. The minimum Gasteiger partial charge on any atom is -0.326 e. The average Bonchev–Trinajstić information content (AvgIpc) is 2.59.